The molecule has 0 aromatic heterocycles. The van der Waals surface area contributed by atoms with Crippen LogP contribution in [0.25, 0.3) is 0 Å². The first-order chi connectivity index (χ1) is 11.2. The van der Waals surface area contributed by atoms with Crippen LogP contribution in [-0.4, -0.2) is 71.0 Å². The SMILES string of the molecule is NC(N)=NCCCC(NC(=O)C(N)CS)C(=O)NC(CO)C(=O)O. The van der Waals surface area contributed by atoms with Crippen LogP contribution in [-0.2, 0) is 14.4 Å². The second kappa shape index (κ2) is 11.5. The lowest BCUT2D eigenvalue weighted by Crippen LogP contribution is -2.55. The Labute approximate surface area is 144 Å². The number of thiol groups is 1. The van der Waals surface area contributed by atoms with E-state index in [0.717, 1.165) is 0 Å². The Bertz CT molecular complexity index is 471. The molecule has 0 rings (SSSR count). The van der Waals surface area contributed by atoms with Crippen molar-refractivity contribution in [3.63, 3.8) is 0 Å². The fourth-order valence-corrected chi connectivity index (χ4v) is 1.76. The number of carbonyl (C=O) groups is 3. The quantitative estimate of drug-likeness (QED) is 0.0791. The molecule has 0 bridgehead atoms. The summed E-state index contributed by atoms with van der Waals surface area (Å²) in [6.45, 7) is -0.561. The molecule has 3 atom stereocenters. The van der Waals surface area contributed by atoms with E-state index in [2.05, 4.69) is 28.3 Å². The minimum atomic E-state index is -1.48. The average Bonchev–Trinajstić information content (AvgIpc) is 2.53. The van der Waals surface area contributed by atoms with Crippen LogP contribution in [0.15, 0.2) is 4.99 Å². The third-order valence-corrected chi connectivity index (χ3v) is 3.30. The molecule has 0 aromatic carbocycles. The van der Waals surface area contributed by atoms with Crippen molar-refractivity contribution in [3.05, 3.63) is 0 Å². The molecule has 0 aliphatic rings. The second-order valence-corrected chi connectivity index (χ2v) is 5.25. The molecule has 0 radical (unpaired) electrons. The number of carboxylic acids is 1. The number of hydrogen-bond donors (Lipinski definition) is 8. The lowest BCUT2D eigenvalue weighted by molar-refractivity contribution is -0.143. The average molecular weight is 364 g/mol. The monoisotopic (exact) mass is 364 g/mol. The summed E-state index contributed by atoms with van der Waals surface area (Å²) in [6, 6.07) is -3.45. The van der Waals surface area contributed by atoms with Crippen molar-refractivity contribution >= 4 is 36.4 Å². The first kappa shape index (κ1) is 21.9. The molecule has 12 heteroatoms. The highest BCUT2D eigenvalue weighted by Crippen LogP contribution is 2.01. The molecule has 0 fully saturated rings. The van der Waals surface area contributed by atoms with Crippen molar-refractivity contribution in [1.29, 1.82) is 0 Å². The summed E-state index contributed by atoms with van der Waals surface area (Å²) >= 11 is 3.89. The zero-order valence-corrected chi connectivity index (χ0v) is 13.9. The summed E-state index contributed by atoms with van der Waals surface area (Å²) in [6.07, 6.45) is 0.495. The van der Waals surface area contributed by atoms with Gasteiger partial charge in [0.25, 0.3) is 0 Å². The molecule has 3 unspecified atom stereocenters. The van der Waals surface area contributed by atoms with E-state index in [1.54, 1.807) is 0 Å². The van der Waals surface area contributed by atoms with Gasteiger partial charge in [-0.1, -0.05) is 0 Å². The molecular formula is C12H24N6O5S. The van der Waals surface area contributed by atoms with Crippen molar-refractivity contribution < 1.29 is 24.6 Å². The fourth-order valence-electron chi connectivity index (χ4n) is 1.59. The maximum Gasteiger partial charge on any atom is 0.328 e. The third kappa shape index (κ3) is 8.55. The van der Waals surface area contributed by atoms with E-state index in [1.807, 2.05) is 0 Å². The Balaban J connectivity index is 4.88. The van der Waals surface area contributed by atoms with Crippen LogP contribution in [0.2, 0.25) is 0 Å². The van der Waals surface area contributed by atoms with E-state index in [1.165, 1.54) is 0 Å². The minimum absolute atomic E-state index is 0.0720. The van der Waals surface area contributed by atoms with Crippen molar-refractivity contribution in [1.82, 2.24) is 10.6 Å². The van der Waals surface area contributed by atoms with Gasteiger partial charge >= 0.3 is 5.97 Å². The number of carbonyl (C=O) groups excluding carboxylic acids is 2. The molecule has 0 heterocycles. The number of aliphatic imine (C=N–C) groups is 1. The number of aliphatic hydroxyl groups excluding tert-OH is 1. The molecule has 10 N–H and O–H groups in total. The molecule has 0 saturated carbocycles. The van der Waals surface area contributed by atoms with E-state index >= 15 is 0 Å². The van der Waals surface area contributed by atoms with E-state index in [-0.39, 0.29) is 24.7 Å². The van der Waals surface area contributed by atoms with Crippen LogP contribution < -0.4 is 27.8 Å². The summed E-state index contributed by atoms with van der Waals surface area (Å²) in [4.78, 5) is 38.6. The summed E-state index contributed by atoms with van der Waals surface area (Å²) in [5.41, 5.74) is 15.9. The molecule has 0 spiro atoms. The topological polar surface area (TPSA) is 206 Å². The first-order valence-electron chi connectivity index (χ1n) is 7.09. The number of hydrogen-bond acceptors (Lipinski definition) is 7. The number of nitrogens with one attached hydrogen (secondary N) is 2. The number of amides is 2. The highest BCUT2D eigenvalue weighted by atomic mass is 32.1. The van der Waals surface area contributed by atoms with Crippen molar-refractivity contribution in [3.8, 4) is 0 Å². The summed E-state index contributed by atoms with van der Waals surface area (Å²) in [7, 11) is 0. The Hall–Kier alpha value is -2.05. The van der Waals surface area contributed by atoms with E-state index in [9.17, 15) is 14.4 Å². The number of guanidine groups is 1. The van der Waals surface area contributed by atoms with Gasteiger partial charge in [-0.05, 0) is 12.8 Å². The van der Waals surface area contributed by atoms with Crippen LogP contribution in [0.1, 0.15) is 12.8 Å². The van der Waals surface area contributed by atoms with Crippen LogP contribution in [0.5, 0.6) is 0 Å². The molecule has 0 aliphatic heterocycles. The Kier molecular flexibility index (Phi) is 10.5. The van der Waals surface area contributed by atoms with Gasteiger partial charge < -0.3 is 38.0 Å². The lowest BCUT2D eigenvalue weighted by atomic mass is 10.1. The minimum Gasteiger partial charge on any atom is -0.480 e. The molecule has 0 aromatic rings. The lowest BCUT2D eigenvalue weighted by Gasteiger charge is -2.21. The number of aliphatic hydroxyl groups is 1. The number of aliphatic carboxylic acids is 1. The largest absolute Gasteiger partial charge is 0.480 e. The van der Waals surface area contributed by atoms with Crippen LogP contribution >= 0.6 is 12.6 Å². The number of nitrogens with zero attached hydrogens (tertiary/aromatic N) is 1. The van der Waals surface area contributed by atoms with Gasteiger partial charge in [-0.3, -0.25) is 14.6 Å². The first-order valence-corrected chi connectivity index (χ1v) is 7.72. The molecule has 11 nitrogen and oxygen atoms in total. The summed E-state index contributed by atoms with van der Waals surface area (Å²) in [5, 5.41) is 22.3. The fraction of sp³-hybridized carbons (Fsp3) is 0.667. The Morgan fingerprint density at radius 3 is 2.17 bits per heavy atom. The third-order valence-electron chi connectivity index (χ3n) is 2.91. The predicted octanol–water partition coefficient (Wildman–Crippen LogP) is -3.66. The molecule has 138 valence electrons. The van der Waals surface area contributed by atoms with Gasteiger partial charge in [0.05, 0.1) is 12.6 Å². The normalized spacial score (nSPS) is 14.1. The highest BCUT2D eigenvalue weighted by molar-refractivity contribution is 7.80. The van der Waals surface area contributed by atoms with E-state index in [4.69, 9.17) is 27.4 Å². The zero-order chi connectivity index (χ0) is 18.7. The molecule has 24 heavy (non-hydrogen) atoms. The van der Waals surface area contributed by atoms with Crippen molar-refractivity contribution in [2.24, 2.45) is 22.2 Å². The Morgan fingerprint density at radius 1 is 1.12 bits per heavy atom. The highest BCUT2D eigenvalue weighted by Gasteiger charge is 2.27. The van der Waals surface area contributed by atoms with Gasteiger partial charge in [0.2, 0.25) is 11.8 Å². The van der Waals surface area contributed by atoms with Crippen LogP contribution in [0.4, 0.5) is 0 Å². The van der Waals surface area contributed by atoms with Gasteiger partial charge in [-0.25, -0.2) is 4.79 Å². The molecule has 0 saturated heterocycles. The summed E-state index contributed by atoms with van der Waals surface area (Å²) in [5.74, 6) is -2.81. The predicted molar refractivity (Wildman–Crippen MR) is 90.3 cm³/mol. The standard InChI is InChI=1S/C12H24N6O5S/c13-6(5-24)9(20)17-7(2-1-3-16-12(14)15)10(21)18-8(4-19)11(22)23/h6-8,19,24H,1-5,13H2,(H,17,20)(H,18,21)(H,22,23)(H4,14,15,16). The van der Waals surface area contributed by atoms with Gasteiger partial charge in [0, 0.05) is 12.3 Å². The molecular weight excluding hydrogens is 340 g/mol. The number of nitrogens with two attached hydrogens (primary N) is 3. The molecule has 0 aliphatic carbocycles. The molecule has 2 amide bonds. The Morgan fingerprint density at radius 2 is 1.71 bits per heavy atom. The maximum absolute atomic E-state index is 12.1. The zero-order valence-electron chi connectivity index (χ0n) is 13.0. The van der Waals surface area contributed by atoms with Crippen LogP contribution in [0.3, 0.4) is 0 Å². The second-order valence-electron chi connectivity index (χ2n) is 4.88. The van der Waals surface area contributed by atoms with Gasteiger partial charge in [-0.15, -0.1) is 0 Å². The number of rotatable bonds is 11. The number of carboxylic acid groups (broad SMARTS) is 1. The van der Waals surface area contributed by atoms with Gasteiger partial charge in [0.15, 0.2) is 5.96 Å². The maximum atomic E-state index is 12.1. The van der Waals surface area contributed by atoms with Crippen molar-refractivity contribution in [2.75, 3.05) is 18.9 Å². The van der Waals surface area contributed by atoms with Crippen LogP contribution in [0, 0.1) is 0 Å². The van der Waals surface area contributed by atoms with Gasteiger partial charge in [-0.2, -0.15) is 12.6 Å². The van der Waals surface area contributed by atoms with E-state index in [0.29, 0.717) is 6.42 Å². The smallest absolute Gasteiger partial charge is 0.328 e. The van der Waals surface area contributed by atoms with Gasteiger partial charge in [0.1, 0.15) is 12.1 Å². The summed E-state index contributed by atoms with van der Waals surface area (Å²) < 4.78 is 0. The van der Waals surface area contributed by atoms with E-state index < -0.39 is 42.5 Å². The van der Waals surface area contributed by atoms with Crippen molar-refractivity contribution in [2.45, 2.75) is 31.0 Å².